The molecule has 0 saturated carbocycles. The first-order valence-corrected chi connectivity index (χ1v) is 11.0. The van der Waals surface area contributed by atoms with E-state index in [1.807, 2.05) is 0 Å². The summed E-state index contributed by atoms with van der Waals surface area (Å²) in [7, 11) is -4.19. The quantitative estimate of drug-likeness (QED) is 0.552. The first kappa shape index (κ1) is 20.4. The lowest BCUT2D eigenvalue weighted by Crippen LogP contribution is -2.38. The van der Waals surface area contributed by atoms with Crippen LogP contribution in [0.1, 0.15) is 0 Å². The van der Waals surface area contributed by atoms with Crippen molar-refractivity contribution in [1.29, 1.82) is 0 Å². The van der Waals surface area contributed by atoms with Crippen LogP contribution in [0.3, 0.4) is 0 Å². The average molecular weight is 487 g/mol. The maximum Gasteiger partial charge on any atom is 0.274 e. The second-order valence-electron chi connectivity index (χ2n) is 5.57. The fourth-order valence-electron chi connectivity index (χ4n) is 2.38. The summed E-state index contributed by atoms with van der Waals surface area (Å²) in [5.74, 6) is -2.31. The number of carbonyl (C=O) groups excluding carboxylic acids is 1. The van der Waals surface area contributed by atoms with Gasteiger partial charge in [0.15, 0.2) is 0 Å². The van der Waals surface area contributed by atoms with Crippen molar-refractivity contribution < 1.29 is 22.0 Å². The van der Waals surface area contributed by atoms with Crippen LogP contribution in [0.2, 0.25) is 0 Å². The second-order valence-corrected chi connectivity index (χ2v) is 9.52. The van der Waals surface area contributed by atoms with E-state index in [2.05, 4.69) is 21.2 Å². The van der Waals surface area contributed by atoms with Crippen LogP contribution in [0, 0.1) is 11.6 Å². The van der Waals surface area contributed by atoms with Crippen molar-refractivity contribution in [2.75, 3.05) is 16.2 Å². The van der Waals surface area contributed by atoms with Crippen LogP contribution in [0.25, 0.3) is 0 Å². The summed E-state index contributed by atoms with van der Waals surface area (Å²) in [6.45, 7) is -0.726. The number of hydrogen-bond acceptors (Lipinski definition) is 4. The largest absolute Gasteiger partial charge is 0.322 e. The molecule has 1 amide bonds. The van der Waals surface area contributed by atoms with Crippen molar-refractivity contribution in [3.63, 3.8) is 0 Å². The number of nitrogens with one attached hydrogen (secondary N) is 1. The van der Waals surface area contributed by atoms with Gasteiger partial charge in [-0.05, 0) is 41.8 Å². The zero-order valence-corrected chi connectivity index (χ0v) is 17.3. The van der Waals surface area contributed by atoms with Crippen molar-refractivity contribution in [3.05, 3.63) is 76.1 Å². The molecule has 5 nitrogen and oxygen atoms in total. The van der Waals surface area contributed by atoms with Gasteiger partial charge in [-0.25, -0.2) is 17.2 Å². The molecule has 0 saturated heterocycles. The summed E-state index contributed by atoms with van der Waals surface area (Å²) in [4.78, 5) is 12.4. The summed E-state index contributed by atoms with van der Waals surface area (Å²) in [5.41, 5.74) is -0.391. The van der Waals surface area contributed by atoms with Gasteiger partial charge in [-0.1, -0.05) is 34.1 Å². The van der Waals surface area contributed by atoms with Gasteiger partial charge in [-0.2, -0.15) is 0 Å². The Balaban J connectivity index is 1.94. The summed E-state index contributed by atoms with van der Waals surface area (Å²) in [6, 6.07) is 12.1. The molecular formula is C18H13BrF2N2O3S2. The Hall–Kier alpha value is -2.30. The number of sulfonamides is 1. The minimum atomic E-state index is -4.19. The first-order valence-electron chi connectivity index (χ1n) is 7.85. The van der Waals surface area contributed by atoms with Crippen LogP contribution in [0.15, 0.2) is 68.7 Å². The lowest BCUT2D eigenvalue weighted by Gasteiger charge is -2.23. The summed E-state index contributed by atoms with van der Waals surface area (Å²) < 4.78 is 55.3. The van der Waals surface area contributed by atoms with Crippen molar-refractivity contribution >= 4 is 54.6 Å². The van der Waals surface area contributed by atoms with Crippen LogP contribution in [-0.4, -0.2) is 20.9 Å². The maximum atomic E-state index is 14.3. The van der Waals surface area contributed by atoms with E-state index in [9.17, 15) is 22.0 Å². The third-order valence-electron chi connectivity index (χ3n) is 3.65. The molecule has 3 aromatic rings. The van der Waals surface area contributed by atoms with Gasteiger partial charge in [0.2, 0.25) is 5.91 Å². The predicted molar refractivity (Wildman–Crippen MR) is 108 cm³/mol. The molecule has 3 rings (SSSR count). The Kier molecular flexibility index (Phi) is 6.11. The van der Waals surface area contributed by atoms with Gasteiger partial charge >= 0.3 is 0 Å². The molecule has 0 spiro atoms. The number of amides is 1. The molecule has 10 heteroatoms. The fourth-order valence-corrected chi connectivity index (χ4v) is 5.25. The number of anilines is 2. The Morgan fingerprint density at radius 2 is 1.82 bits per heavy atom. The third kappa shape index (κ3) is 4.40. The van der Waals surface area contributed by atoms with Crippen molar-refractivity contribution in [3.8, 4) is 0 Å². The van der Waals surface area contributed by atoms with Crippen molar-refractivity contribution in [1.82, 2.24) is 0 Å². The van der Waals surface area contributed by atoms with Gasteiger partial charge in [0, 0.05) is 4.47 Å². The van der Waals surface area contributed by atoms with Crippen LogP contribution in [0.5, 0.6) is 0 Å². The minimum Gasteiger partial charge on any atom is -0.322 e. The van der Waals surface area contributed by atoms with Crippen LogP contribution in [0.4, 0.5) is 20.2 Å². The highest BCUT2D eigenvalue weighted by molar-refractivity contribution is 9.10. The SMILES string of the molecule is O=C(CN(c1ccccc1F)S(=O)(=O)c1cccs1)Nc1ccc(Br)cc1F. The summed E-state index contributed by atoms with van der Waals surface area (Å²) in [6.07, 6.45) is 0. The van der Waals surface area contributed by atoms with E-state index >= 15 is 0 Å². The zero-order chi connectivity index (χ0) is 20.3. The topological polar surface area (TPSA) is 66.5 Å². The molecule has 28 heavy (non-hydrogen) atoms. The van der Waals surface area contributed by atoms with E-state index in [-0.39, 0.29) is 15.6 Å². The number of nitrogens with zero attached hydrogens (tertiary/aromatic N) is 1. The van der Waals surface area contributed by atoms with E-state index in [4.69, 9.17) is 0 Å². The minimum absolute atomic E-state index is 0.0432. The van der Waals surface area contributed by atoms with E-state index in [1.165, 1.54) is 42.5 Å². The predicted octanol–water partition coefficient (Wildman–Crippen LogP) is 4.62. The van der Waals surface area contributed by atoms with E-state index in [1.54, 1.807) is 5.38 Å². The molecule has 1 heterocycles. The lowest BCUT2D eigenvalue weighted by atomic mass is 10.3. The highest BCUT2D eigenvalue weighted by Gasteiger charge is 2.30. The van der Waals surface area contributed by atoms with E-state index in [0.717, 1.165) is 23.5 Å². The van der Waals surface area contributed by atoms with Crippen LogP contribution in [-0.2, 0) is 14.8 Å². The maximum absolute atomic E-state index is 14.3. The molecule has 146 valence electrons. The molecule has 0 bridgehead atoms. The standard InChI is InChI=1S/C18H13BrF2N2O3S2/c19-12-7-8-15(14(21)10-12)22-17(24)11-23(16-5-2-1-4-13(16)20)28(25,26)18-6-3-9-27-18/h1-10H,11H2,(H,22,24). The van der Waals surface area contributed by atoms with Gasteiger partial charge in [0.05, 0.1) is 11.4 Å². The number of carbonyl (C=O) groups is 1. The molecule has 0 aliphatic rings. The summed E-state index contributed by atoms with van der Waals surface area (Å²) in [5, 5.41) is 3.87. The number of rotatable bonds is 6. The van der Waals surface area contributed by atoms with E-state index < -0.39 is 34.1 Å². The molecule has 0 aliphatic carbocycles. The van der Waals surface area contributed by atoms with Gasteiger partial charge in [-0.15, -0.1) is 11.3 Å². The second kappa shape index (κ2) is 8.38. The highest BCUT2D eigenvalue weighted by Crippen LogP contribution is 2.28. The highest BCUT2D eigenvalue weighted by atomic mass is 79.9. The number of para-hydroxylation sites is 1. The Morgan fingerprint density at radius 3 is 2.46 bits per heavy atom. The molecule has 0 unspecified atom stereocenters. The fraction of sp³-hybridized carbons (Fsp3) is 0.0556. The van der Waals surface area contributed by atoms with Crippen LogP contribution < -0.4 is 9.62 Å². The Bertz CT molecular complexity index is 1110. The normalized spacial score (nSPS) is 11.2. The summed E-state index contributed by atoms with van der Waals surface area (Å²) >= 11 is 4.05. The van der Waals surface area contributed by atoms with Crippen molar-refractivity contribution in [2.45, 2.75) is 4.21 Å². The first-order chi connectivity index (χ1) is 13.3. The lowest BCUT2D eigenvalue weighted by molar-refractivity contribution is -0.114. The molecule has 0 fully saturated rings. The van der Waals surface area contributed by atoms with E-state index in [0.29, 0.717) is 8.78 Å². The Morgan fingerprint density at radius 1 is 1.07 bits per heavy atom. The van der Waals surface area contributed by atoms with Gasteiger partial charge < -0.3 is 5.32 Å². The number of hydrogen-bond donors (Lipinski definition) is 1. The van der Waals surface area contributed by atoms with Gasteiger partial charge in [-0.3, -0.25) is 9.10 Å². The third-order valence-corrected chi connectivity index (χ3v) is 7.28. The zero-order valence-electron chi connectivity index (χ0n) is 14.1. The Labute approximate surface area is 172 Å². The average Bonchev–Trinajstić information content (AvgIpc) is 3.18. The van der Waals surface area contributed by atoms with Gasteiger partial charge in [0.1, 0.15) is 22.4 Å². The molecule has 1 aromatic heterocycles. The molecule has 1 N–H and O–H groups in total. The van der Waals surface area contributed by atoms with Gasteiger partial charge in [0.25, 0.3) is 10.0 Å². The number of thiophene rings is 1. The smallest absolute Gasteiger partial charge is 0.274 e. The monoisotopic (exact) mass is 486 g/mol. The number of halogens is 3. The molecule has 2 aromatic carbocycles. The molecular weight excluding hydrogens is 474 g/mol. The van der Waals surface area contributed by atoms with Crippen molar-refractivity contribution in [2.24, 2.45) is 0 Å². The molecule has 0 atom stereocenters. The molecule has 0 radical (unpaired) electrons. The van der Waals surface area contributed by atoms with Crippen LogP contribution >= 0.6 is 27.3 Å². The number of benzene rings is 2. The molecule has 0 aliphatic heterocycles.